The van der Waals surface area contributed by atoms with Crippen LogP contribution in [0.5, 0.6) is 0 Å². The number of amides is 2. The van der Waals surface area contributed by atoms with Crippen LogP contribution in [-0.2, 0) is 32.1 Å². The topological polar surface area (TPSA) is 131 Å². The molecule has 0 aliphatic heterocycles. The van der Waals surface area contributed by atoms with Gasteiger partial charge in [0.2, 0.25) is 5.91 Å². The van der Waals surface area contributed by atoms with E-state index in [1.807, 2.05) is 12.1 Å². The number of carbonyl (C=O) groups is 4. The molecule has 0 radical (unpaired) electrons. The van der Waals surface area contributed by atoms with E-state index in [-0.39, 0.29) is 18.8 Å². The minimum Gasteiger partial charge on any atom is -0.467 e. The summed E-state index contributed by atoms with van der Waals surface area (Å²) in [5.74, 6) is -1.64. The smallest absolute Gasteiger partial charge is 0.408 e. The summed E-state index contributed by atoms with van der Waals surface area (Å²) in [7, 11) is 1.19. The zero-order valence-electron chi connectivity index (χ0n) is 21.1. The lowest BCUT2D eigenvalue weighted by atomic mass is 9.99. The van der Waals surface area contributed by atoms with Gasteiger partial charge in [0.25, 0.3) is 0 Å². The van der Waals surface area contributed by atoms with E-state index in [1.54, 1.807) is 72.8 Å². The third-order valence-electron chi connectivity index (χ3n) is 5.75. The molecule has 38 heavy (non-hydrogen) atoms. The molecule has 0 heterocycles. The molecule has 9 heteroatoms. The van der Waals surface area contributed by atoms with Crippen molar-refractivity contribution in [2.75, 3.05) is 7.11 Å². The molecule has 0 fully saturated rings. The van der Waals surface area contributed by atoms with Gasteiger partial charge in [-0.2, -0.15) is 0 Å². The first kappa shape index (κ1) is 28.1. The molecule has 3 aromatic rings. The first-order valence-corrected chi connectivity index (χ1v) is 12.0. The molecule has 0 saturated carbocycles. The van der Waals surface area contributed by atoms with E-state index in [0.717, 1.165) is 5.56 Å². The molecule has 0 bridgehead atoms. The normalized spacial score (nSPS) is 12.9. The summed E-state index contributed by atoms with van der Waals surface area (Å²) >= 11 is 0. The maximum absolute atomic E-state index is 12.9. The van der Waals surface area contributed by atoms with Gasteiger partial charge in [0.05, 0.1) is 13.2 Å². The molecule has 0 unspecified atom stereocenters. The van der Waals surface area contributed by atoms with Gasteiger partial charge >= 0.3 is 12.1 Å². The van der Waals surface area contributed by atoms with E-state index in [1.165, 1.54) is 14.0 Å². The Labute approximate surface area is 220 Å². The number of ether oxygens (including phenoxy) is 2. The molecule has 0 aliphatic carbocycles. The molecule has 3 rings (SSSR count). The Morgan fingerprint density at radius 3 is 1.95 bits per heavy atom. The first-order chi connectivity index (χ1) is 18.3. The number of hydrogen-bond donors (Lipinski definition) is 3. The number of esters is 1. The van der Waals surface area contributed by atoms with Gasteiger partial charge in [-0.05, 0) is 18.1 Å². The Morgan fingerprint density at radius 1 is 0.789 bits per heavy atom. The summed E-state index contributed by atoms with van der Waals surface area (Å²) in [5.41, 5.74) is 2.45. The number of alkyl carbamates (subject to hydrolysis) is 1. The SMILES string of the molecule is COC(=O)[C@@H](Cc1ccc(C(=O)c2ccccc2)cc1)NC(=O)[C@@H](NC(=O)OCc1ccccc1)[C@@H](C)O. The number of benzene rings is 3. The van der Waals surface area contributed by atoms with E-state index < -0.39 is 36.2 Å². The van der Waals surface area contributed by atoms with Crippen molar-refractivity contribution in [1.82, 2.24) is 10.6 Å². The summed E-state index contributed by atoms with van der Waals surface area (Å²) in [5, 5.41) is 15.0. The lowest BCUT2D eigenvalue weighted by molar-refractivity contribution is -0.145. The number of carbonyl (C=O) groups excluding carboxylic acids is 4. The monoisotopic (exact) mass is 518 g/mol. The number of aliphatic hydroxyl groups excluding tert-OH is 1. The van der Waals surface area contributed by atoms with Gasteiger partial charge < -0.3 is 25.2 Å². The summed E-state index contributed by atoms with van der Waals surface area (Å²) in [6, 6.07) is 22.0. The second-order valence-electron chi connectivity index (χ2n) is 8.60. The van der Waals surface area contributed by atoms with Crippen molar-refractivity contribution in [2.24, 2.45) is 0 Å². The number of aliphatic hydroxyl groups is 1. The number of methoxy groups -OCH3 is 1. The highest BCUT2D eigenvalue weighted by Gasteiger charge is 2.31. The molecule has 0 aromatic heterocycles. The lowest BCUT2D eigenvalue weighted by Gasteiger charge is -2.24. The number of nitrogens with one attached hydrogen (secondary N) is 2. The van der Waals surface area contributed by atoms with Crippen molar-refractivity contribution in [1.29, 1.82) is 0 Å². The fourth-order valence-corrected chi connectivity index (χ4v) is 3.68. The Morgan fingerprint density at radius 2 is 1.37 bits per heavy atom. The summed E-state index contributed by atoms with van der Waals surface area (Å²) in [6.45, 7) is 1.31. The molecular formula is C29H30N2O7. The third-order valence-corrected chi connectivity index (χ3v) is 5.75. The summed E-state index contributed by atoms with van der Waals surface area (Å²) in [6.07, 6.45) is -2.12. The minimum atomic E-state index is -1.38. The van der Waals surface area contributed by atoms with Crippen LogP contribution in [0.4, 0.5) is 4.79 Å². The first-order valence-electron chi connectivity index (χ1n) is 12.0. The molecule has 0 saturated heterocycles. The van der Waals surface area contributed by atoms with Crippen molar-refractivity contribution >= 4 is 23.8 Å². The van der Waals surface area contributed by atoms with Gasteiger partial charge in [0.15, 0.2) is 5.78 Å². The van der Waals surface area contributed by atoms with E-state index in [4.69, 9.17) is 9.47 Å². The molecule has 3 atom stereocenters. The van der Waals surface area contributed by atoms with Crippen LogP contribution in [-0.4, -0.2) is 54.2 Å². The summed E-state index contributed by atoms with van der Waals surface area (Å²) < 4.78 is 9.96. The van der Waals surface area contributed by atoms with Gasteiger partial charge in [-0.3, -0.25) is 9.59 Å². The number of ketones is 1. The zero-order valence-corrected chi connectivity index (χ0v) is 21.1. The fraction of sp³-hybridized carbons (Fsp3) is 0.241. The Balaban J connectivity index is 1.63. The maximum atomic E-state index is 12.9. The van der Waals surface area contributed by atoms with Crippen LogP contribution in [0.1, 0.15) is 34.0 Å². The van der Waals surface area contributed by atoms with Crippen molar-refractivity contribution in [3.05, 3.63) is 107 Å². The highest BCUT2D eigenvalue weighted by atomic mass is 16.5. The van der Waals surface area contributed by atoms with Gasteiger partial charge in [0.1, 0.15) is 18.7 Å². The minimum absolute atomic E-state index is 0.0195. The molecule has 198 valence electrons. The zero-order chi connectivity index (χ0) is 27.5. The highest BCUT2D eigenvalue weighted by Crippen LogP contribution is 2.13. The Bertz CT molecular complexity index is 1230. The second kappa shape index (κ2) is 13.7. The van der Waals surface area contributed by atoms with Gasteiger partial charge in [-0.1, -0.05) is 84.9 Å². The van der Waals surface area contributed by atoms with Gasteiger partial charge in [0, 0.05) is 17.5 Å². The van der Waals surface area contributed by atoms with Gasteiger partial charge in [-0.15, -0.1) is 0 Å². The molecular weight excluding hydrogens is 488 g/mol. The van der Waals surface area contributed by atoms with E-state index in [2.05, 4.69) is 10.6 Å². The average Bonchev–Trinajstić information content (AvgIpc) is 2.94. The average molecular weight is 519 g/mol. The predicted molar refractivity (Wildman–Crippen MR) is 139 cm³/mol. The molecule has 0 aliphatic rings. The van der Waals surface area contributed by atoms with Crippen LogP contribution in [0.15, 0.2) is 84.9 Å². The fourth-order valence-electron chi connectivity index (χ4n) is 3.68. The van der Waals surface area contributed by atoms with Crippen LogP contribution in [0.2, 0.25) is 0 Å². The van der Waals surface area contributed by atoms with Crippen molar-refractivity contribution < 1.29 is 33.8 Å². The summed E-state index contributed by atoms with van der Waals surface area (Å²) in [4.78, 5) is 50.2. The van der Waals surface area contributed by atoms with Crippen LogP contribution in [0.3, 0.4) is 0 Å². The predicted octanol–water partition coefficient (Wildman–Crippen LogP) is 2.79. The number of rotatable bonds is 11. The quantitative estimate of drug-likeness (QED) is 0.263. The van der Waals surface area contributed by atoms with Crippen molar-refractivity contribution in [2.45, 2.75) is 38.1 Å². The van der Waals surface area contributed by atoms with Crippen LogP contribution in [0, 0.1) is 0 Å². The third kappa shape index (κ3) is 8.01. The Hall–Kier alpha value is -4.50. The second-order valence-corrected chi connectivity index (χ2v) is 8.60. The van der Waals surface area contributed by atoms with Crippen LogP contribution < -0.4 is 10.6 Å². The van der Waals surface area contributed by atoms with E-state index >= 15 is 0 Å². The largest absolute Gasteiger partial charge is 0.467 e. The van der Waals surface area contributed by atoms with Crippen molar-refractivity contribution in [3.63, 3.8) is 0 Å². The molecule has 2 amide bonds. The highest BCUT2D eigenvalue weighted by molar-refractivity contribution is 6.08. The molecule has 9 nitrogen and oxygen atoms in total. The van der Waals surface area contributed by atoms with E-state index in [0.29, 0.717) is 16.7 Å². The molecule has 3 N–H and O–H groups in total. The van der Waals surface area contributed by atoms with Crippen LogP contribution >= 0.6 is 0 Å². The molecule has 3 aromatic carbocycles. The van der Waals surface area contributed by atoms with Gasteiger partial charge in [-0.25, -0.2) is 9.59 Å². The molecule has 0 spiro atoms. The maximum Gasteiger partial charge on any atom is 0.408 e. The van der Waals surface area contributed by atoms with E-state index in [9.17, 15) is 24.3 Å². The Kier molecular flexibility index (Phi) is 10.1. The lowest BCUT2D eigenvalue weighted by Crippen LogP contribution is -2.56. The van der Waals surface area contributed by atoms with Crippen molar-refractivity contribution in [3.8, 4) is 0 Å². The van der Waals surface area contributed by atoms with Crippen LogP contribution in [0.25, 0.3) is 0 Å². The number of hydrogen-bond acceptors (Lipinski definition) is 7. The standard InChI is InChI=1S/C29H30N2O7/c1-19(32)25(31-29(36)38-18-21-9-5-3-6-10-21)27(34)30-24(28(35)37-2)17-20-13-15-23(16-14-20)26(33)22-11-7-4-8-12-22/h3-16,19,24-25,32H,17-18H2,1-2H3,(H,30,34)(H,31,36)/t19-,24-,25+/m1/s1.